The van der Waals surface area contributed by atoms with Gasteiger partial charge < -0.3 is 5.32 Å². The van der Waals surface area contributed by atoms with Gasteiger partial charge in [0.15, 0.2) is 0 Å². The van der Waals surface area contributed by atoms with Crippen LogP contribution in [0.2, 0.25) is 0 Å². The van der Waals surface area contributed by atoms with Crippen LogP contribution in [0.5, 0.6) is 0 Å². The molecule has 1 aliphatic heterocycles. The van der Waals surface area contributed by atoms with Gasteiger partial charge in [-0.15, -0.1) is 0 Å². The molecule has 1 saturated carbocycles. The minimum Gasteiger partial charge on any atom is -0.317 e. The van der Waals surface area contributed by atoms with Gasteiger partial charge >= 0.3 is 0 Å². The molecule has 0 radical (unpaired) electrons. The summed E-state index contributed by atoms with van der Waals surface area (Å²) in [6, 6.07) is 0. The first kappa shape index (κ1) is 15.4. The Morgan fingerprint density at radius 3 is 1.47 bits per heavy atom. The predicted octanol–water partition coefficient (Wildman–Crippen LogP) is 5.30. The van der Waals surface area contributed by atoms with Crippen molar-refractivity contribution in [2.75, 3.05) is 13.1 Å². The first-order valence-electron chi connectivity index (χ1n) is 9.16. The van der Waals surface area contributed by atoms with Crippen molar-refractivity contribution < 1.29 is 0 Å². The molecule has 0 atom stereocenters. The summed E-state index contributed by atoms with van der Waals surface area (Å²) in [5.41, 5.74) is 0. The summed E-state index contributed by atoms with van der Waals surface area (Å²) in [5, 5.41) is 3.54. The second-order valence-corrected chi connectivity index (χ2v) is 7.05. The van der Waals surface area contributed by atoms with Gasteiger partial charge in [0, 0.05) is 0 Å². The smallest absolute Gasteiger partial charge is 0.00488 e. The maximum atomic E-state index is 3.54. The van der Waals surface area contributed by atoms with Crippen molar-refractivity contribution in [3.63, 3.8) is 0 Å². The lowest BCUT2D eigenvalue weighted by atomic mass is 9.81. The molecule has 0 unspecified atom stereocenters. The third-order valence-corrected chi connectivity index (χ3v) is 5.32. The predicted molar refractivity (Wildman–Crippen MR) is 84.5 cm³/mol. The summed E-state index contributed by atoms with van der Waals surface area (Å²) < 4.78 is 0. The van der Waals surface area contributed by atoms with Crippen LogP contribution in [0.1, 0.15) is 89.9 Å². The fourth-order valence-corrected chi connectivity index (χ4v) is 4.14. The summed E-state index contributed by atoms with van der Waals surface area (Å²) in [7, 11) is 0. The lowest BCUT2D eigenvalue weighted by Gasteiger charge is -2.26. The summed E-state index contributed by atoms with van der Waals surface area (Å²) in [4.78, 5) is 0. The van der Waals surface area contributed by atoms with Gasteiger partial charge in [-0.1, -0.05) is 57.8 Å². The standard InChI is InChI=1S/C18H35N/c1-2-4-6-10-17(11-7-5-3-1)16-18-12-8-14-19-15-9-13-18/h17-19H,1-16H2. The Labute approximate surface area is 120 Å². The molecule has 2 fully saturated rings. The minimum absolute atomic E-state index is 1.05. The highest BCUT2D eigenvalue weighted by Crippen LogP contribution is 2.30. The first-order valence-corrected chi connectivity index (χ1v) is 9.16. The van der Waals surface area contributed by atoms with Gasteiger partial charge in [-0.3, -0.25) is 0 Å². The van der Waals surface area contributed by atoms with Crippen molar-refractivity contribution in [3.05, 3.63) is 0 Å². The molecule has 19 heavy (non-hydrogen) atoms. The van der Waals surface area contributed by atoms with Gasteiger partial charge in [0.2, 0.25) is 0 Å². The zero-order valence-corrected chi connectivity index (χ0v) is 13.0. The zero-order valence-electron chi connectivity index (χ0n) is 13.0. The molecule has 1 aliphatic carbocycles. The Morgan fingerprint density at radius 1 is 0.526 bits per heavy atom. The lowest BCUT2D eigenvalue weighted by molar-refractivity contribution is 0.274. The molecule has 112 valence electrons. The second-order valence-electron chi connectivity index (χ2n) is 7.05. The van der Waals surface area contributed by atoms with E-state index in [0.717, 1.165) is 11.8 Å². The van der Waals surface area contributed by atoms with E-state index in [1.165, 1.54) is 96.6 Å². The van der Waals surface area contributed by atoms with Crippen molar-refractivity contribution in [1.29, 1.82) is 0 Å². The number of hydrogen-bond acceptors (Lipinski definition) is 1. The van der Waals surface area contributed by atoms with Crippen molar-refractivity contribution >= 4 is 0 Å². The van der Waals surface area contributed by atoms with Gasteiger partial charge in [0.1, 0.15) is 0 Å². The van der Waals surface area contributed by atoms with Crippen LogP contribution in [0.4, 0.5) is 0 Å². The molecule has 2 aliphatic rings. The quantitative estimate of drug-likeness (QED) is 0.714. The molecule has 0 bridgehead atoms. The molecule has 0 spiro atoms. The minimum atomic E-state index is 1.05. The lowest BCUT2D eigenvalue weighted by Crippen LogP contribution is -2.22. The number of rotatable bonds is 2. The molecule has 0 aromatic heterocycles. The van der Waals surface area contributed by atoms with Crippen LogP contribution < -0.4 is 5.32 Å². The molecule has 0 amide bonds. The van der Waals surface area contributed by atoms with Crippen LogP contribution in [-0.2, 0) is 0 Å². The average Bonchev–Trinajstić information content (AvgIpc) is 2.40. The van der Waals surface area contributed by atoms with Crippen LogP contribution in [0.25, 0.3) is 0 Å². The molecule has 1 heterocycles. The molecule has 1 N–H and O–H groups in total. The summed E-state index contributed by atoms with van der Waals surface area (Å²) in [6.07, 6.45) is 21.0. The SMILES string of the molecule is C1CCCCC(CC2CCCNCCC2)CCCC1. The monoisotopic (exact) mass is 265 g/mol. The Hall–Kier alpha value is -0.0400. The van der Waals surface area contributed by atoms with Crippen LogP contribution in [0.15, 0.2) is 0 Å². The van der Waals surface area contributed by atoms with E-state index in [9.17, 15) is 0 Å². The topological polar surface area (TPSA) is 12.0 Å². The van der Waals surface area contributed by atoms with E-state index < -0.39 is 0 Å². The van der Waals surface area contributed by atoms with Gasteiger partial charge in [-0.05, 0) is 57.0 Å². The second kappa shape index (κ2) is 9.80. The van der Waals surface area contributed by atoms with Crippen molar-refractivity contribution in [3.8, 4) is 0 Å². The van der Waals surface area contributed by atoms with Crippen LogP contribution in [0, 0.1) is 11.8 Å². The Balaban J connectivity index is 1.73. The highest BCUT2D eigenvalue weighted by Gasteiger charge is 2.17. The third-order valence-electron chi connectivity index (χ3n) is 5.32. The maximum absolute atomic E-state index is 3.54. The third kappa shape index (κ3) is 6.79. The molecule has 0 aromatic rings. The van der Waals surface area contributed by atoms with Crippen molar-refractivity contribution in [2.24, 2.45) is 11.8 Å². The molecule has 1 saturated heterocycles. The van der Waals surface area contributed by atoms with Gasteiger partial charge in [0.25, 0.3) is 0 Å². The van der Waals surface area contributed by atoms with E-state index in [4.69, 9.17) is 0 Å². The Kier molecular flexibility index (Phi) is 7.92. The maximum Gasteiger partial charge on any atom is -0.00488 e. The summed E-state index contributed by atoms with van der Waals surface area (Å²) in [5.74, 6) is 2.12. The molecule has 1 heteroatoms. The fourth-order valence-electron chi connectivity index (χ4n) is 4.14. The van der Waals surface area contributed by atoms with Crippen molar-refractivity contribution in [1.82, 2.24) is 5.32 Å². The van der Waals surface area contributed by atoms with Crippen molar-refractivity contribution in [2.45, 2.75) is 89.9 Å². The largest absolute Gasteiger partial charge is 0.317 e. The molecular weight excluding hydrogens is 230 g/mol. The van der Waals surface area contributed by atoms with Crippen LogP contribution in [0.3, 0.4) is 0 Å². The molecular formula is C18H35N. The normalized spacial score (nSPS) is 26.5. The van der Waals surface area contributed by atoms with E-state index in [0.29, 0.717) is 0 Å². The molecule has 0 aromatic carbocycles. The molecule has 2 rings (SSSR count). The average molecular weight is 265 g/mol. The number of nitrogens with one attached hydrogen (secondary N) is 1. The highest BCUT2D eigenvalue weighted by atomic mass is 14.8. The summed E-state index contributed by atoms with van der Waals surface area (Å²) in [6.45, 7) is 2.53. The van der Waals surface area contributed by atoms with E-state index >= 15 is 0 Å². The van der Waals surface area contributed by atoms with Crippen LogP contribution in [-0.4, -0.2) is 13.1 Å². The fraction of sp³-hybridized carbons (Fsp3) is 1.00. The van der Waals surface area contributed by atoms with Gasteiger partial charge in [-0.2, -0.15) is 0 Å². The van der Waals surface area contributed by atoms with E-state index in [1.54, 1.807) is 6.42 Å². The van der Waals surface area contributed by atoms with Gasteiger partial charge in [-0.25, -0.2) is 0 Å². The van der Waals surface area contributed by atoms with E-state index in [-0.39, 0.29) is 0 Å². The number of hydrogen-bond donors (Lipinski definition) is 1. The van der Waals surface area contributed by atoms with Crippen LogP contribution >= 0.6 is 0 Å². The van der Waals surface area contributed by atoms with E-state index in [1.807, 2.05) is 0 Å². The first-order chi connectivity index (χ1) is 9.45. The summed E-state index contributed by atoms with van der Waals surface area (Å²) >= 11 is 0. The van der Waals surface area contributed by atoms with E-state index in [2.05, 4.69) is 5.32 Å². The Morgan fingerprint density at radius 2 is 0.947 bits per heavy atom. The molecule has 1 nitrogen and oxygen atoms in total. The zero-order chi connectivity index (χ0) is 13.2. The van der Waals surface area contributed by atoms with Gasteiger partial charge in [0.05, 0.1) is 0 Å². The Bertz CT molecular complexity index is 196. The highest BCUT2D eigenvalue weighted by molar-refractivity contribution is 4.71.